The molecule has 0 bridgehead atoms. The number of halogens is 3. The SMILES string of the molecule is COc1cc(CNCCCN2CCCC2=O)cc(Br)c1OCc1ccc(F)cc1.Cl. The molecule has 30 heavy (non-hydrogen) atoms. The van der Waals surface area contributed by atoms with E-state index in [1.807, 2.05) is 17.0 Å². The van der Waals surface area contributed by atoms with Gasteiger partial charge in [-0.25, -0.2) is 4.39 Å². The zero-order chi connectivity index (χ0) is 20.6. The van der Waals surface area contributed by atoms with Gasteiger partial charge < -0.3 is 19.7 Å². The van der Waals surface area contributed by atoms with Crippen molar-refractivity contribution in [3.05, 3.63) is 57.8 Å². The number of carbonyl (C=O) groups is 1. The summed E-state index contributed by atoms with van der Waals surface area (Å²) in [7, 11) is 1.61. The van der Waals surface area contributed by atoms with Crippen LogP contribution >= 0.6 is 28.3 Å². The molecule has 1 N–H and O–H groups in total. The fourth-order valence-corrected chi connectivity index (χ4v) is 3.92. The maximum absolute atomic E-state index is 13.0. The normalized spacial score (nSPS) is 13.3. The zero-order valence-corrected chi connectivity index (χ0v) is 19.4. The molecule has 0 saturated carbocycles. The molecule has 164 valence electrons. The molecular formula is C22H27BrClFN2O3. The summed E-state index contributed by atoms with van der Waals surface area (Å²) in [6.45, 7) is 3.56. The van der Waals surface area contributed by atoms with Crippen molar-refractivity contribution >= 4 is 34.2 Å². The summed E-state index contributed by atoms with van der Waals surface area (Å²) < 4.78 is 25.2. The first-order valence-electron chi connectivity index (χ1n) is 9.79. The van der Waals surface area contributed by atoms with Crippen LogP contribution in [0.3, 0.4) is 0 Å². The van der Waals surface area contributed by atoms with Crippen molar-refractivity contribution in [2.24, 2.45) is 0 Å². The van der Waals surface area contributed by atoms with Crippen molar-refractivity contribution in [2.45, 2.75) is 32.4 Å². The number of hydrogen-bond acceptors (Lipinski definition) is 4. The Bertz CT molecular complexity index is 836. The summed E-state index contributed by atoms with van der Waals surface area (Å²) >= 11 is 3.56. The molecule has 5 nitrogen and oxygen atoms in total. The number of hydrogen-bond donors (Lipinski definition) is 1. The van der Waals surface area contributed by atoms with E-state index >= 15 is 0 Å². The van der Waals surface area contributed by atoms with Crippen LogP contribution < -0.4 is 14.8 Å². The Morgan fingerprint density at radius 2 is 1.97 bits per heavy atom. The van der Waals surface area contributed by atoms with Crippen molar-refractivity contribution in [1.29, 1.82) is 0 Å². The molecule has 0 spiro atoms. The number of nitrogens with zero attached hydrogens (tertiary/aromatic N) is 1. The van der Waals surface area contributed by atoms with Crippen LogP contribution in [0.2, 0.25) is 0 Å². The van der Waals surface area contributed by atoms with Crippen LogP contribution in [0.15, 0.2) is 40.9 Å². The number of likely N-dealkylation sites (tertiary alicyclic amines) is 1. The molecule has 0 atom stereocenters. The highest BCUT2D eigenvalue weighted by Crippen LogP contribution is 2.37. The number of amides is 1. The Hall–Kier alpha value is -1.83. The fourth-order valence-electron chi connectivity index (χ4n) is 3.32. The molecule has 1 fully saturated rings. The lowest BCUT2D eigenvalue weighted by Crippen LogP contribution is -2.28. The summed E-state index contributed by atoms with van der Waals surface area (Å²) in [4.78, 5) is 13.6. The molecule has 2 aromatic carbocycles. The van der Waals surface area contributed by atoms with Crippen molar-refractivity contribution in [3.8, 4) is 11.5 Å². The van der Waals surface area contributed by atoms with Gasteiger partial charge in [0.25, 0.3) is 0 Å². The predicted octanol–water partition coefficient (Wildman–Crippen LogP) is 4.70. The van der Waals surface area contributed by atoms with E-state index in [1.54, 1.807) is 19.2 Å². The third-order valence-electron chi connectivity index (χ3n) is 4.87. The lowest BCUT2D eigenvalue weighted by molar-refractivity contribution is -0.127. The number of rotatable bonds is 10. The van der Waals surface area contributed by atoms with E-state index in [1.165, 1.54) is 12.1 Å². The molecule has 0 radical (unpaired) electrons. The van der Waals surface area contributed by atoms with Crippen LogP contribution in [0.5, 0.6) is 11.5 Å². The standard InChI is InChI=1S/C22H26BrFN2O3.ClH/c1-28-20-13-17(14-25-9-3-11-26-10-2-4-21(26)27)12-19(23)22(20)29-15-16-5-7-18(24)8-6-16;/h5-8,12-13,25H,2-4,9-11,14-15H2,1H3;1H. The Morgan fingerprint density at radius 3 is 2.63 bits per heavy atom. The van der Waals surface area contributed by atoms with Crippen LogP contribution in [0.4, 0.5) is 4.39 Å². The second kappa shape index (κ2) is 12.1. The number of methoxy groups -OCH3 is 1. The summed E-state index contributed by atoms with van der Waals surface area (Å²) in [5.74, 6) is 1.26. The van der Waals surface area contributed by atoms with E-state index in [0.29, 0.717) is 31.1 Å². The minimum atomic E-state index is -0.267. The second-order valence-electron chi connectivity index (χ2n) is 7.04. The van der Waals surface area contributed by atoms with E-state index < -0.39 is 0 Å². The van der Waals surface area contributed by atoms with E-state index in [4.69, 9.17) is 9.47 Å². The van der Waals surface area contributed by atoms with Crippen LogP contribution in [-0.4, -0.2) is 37.6 Å². The summed E-state index contributed by atoms with van der Waals surface area (Å²) in [6, 6.07) is 10.2. The van der Waals surface area contributed by atoms with Crippen molar-refractivity contribution in [3.63, 3.8) is 0 Å². The van der Waals surface area contributed by atoms with Gasteiger partial charge in [0.1, 0.15) is 12.4 Å². The number of benzene rings is 2. The van der Waals surface area contributed by atoms with E-state index in [-0.39, 0.29) is 24.1 Å². The molecule has 0 unspecified atom stereocenters. The quantitative estimate of drug-likeness (QED) is 0.480. The highest BCUT2D eigenvalue weighted by atomic mass is 79.9. The van der Waals surface area contributed by atoms with E-state index in [9.17, 15) is 9.18 Å². The first kappa shape index (κ1) is 24.4. The Labute approximate surface area is 191 Å². The highest BCUT2D eigenvalue weighted by molar-refractivity contribution is 9.10. The maximum Gasteiger partial charge on any atom is 0.222 e. The van der Waals surface area contributed by atoms with Gasteiger partial charge in [0.15, 0.2) is 11.5 Å². The molecule has 1 aliphatic heterocycles. The minimum absolute atomic E-state index is 0. The maximum atomic E-state index is 13.0. The van der Waals surface area contributed by atoms with Gasteiger partial charge in [0.05, 0.1) is 11.6 Å². The summed E-state index contributed by atoms with van der Waals surface area (Å²) in [5, 5.41) is 3.41. The van der Waals surface area contributed by atoms with E-state index in [0.717, 1.165) is 48.1 Å². The third kappa shape index (κ3) is 6.86. The zero-order valence-electron chi connectivity index (χ0n) is 17.0. The highest BCUT2D eigenvalue weighted by Gasteiger charge is 2.19. The number of carbonyl (C=O) groups excluding carboxylic acids is 1. The average Bonchev–Trinajstić information content (AvgIpc) is 3.12. The lowest BCUT2D eigenvalue weighted by Gasteiger charge is -2.16. The third-order valence-corrected chi connectivity index (χ3v) is 5.46. The first-order valence-corrected chi connectivity index (χ1v) is 10.6. The molecule has 1 aliphatic rings. The molecule has 1 heterocycles. The van der Waals surface area contributed by atoms with Crippen LogP contribution in [0.25, 0.3) is 0 Å². The molecule has 8 heteroatoms. The summed E-state index contributed by atoms with van der Waals surface area (Å²) in [6.07, 6.45) is 2.61. The number of nitrogens with one attached hydrogen (secondary N) is 1. The first-order chi connectivity index (χ1) is 14.1. The van der Waals surface area contributed by atoms with Crippen LogP contribution in [0, 0.1) is 5.82 Å². The van der Waals surface area contributed by atoms with Crippen molar-refractivity contribution < 1.29 is 18.7 Å². The van der Waals surface area contributed by atoms with Crippen molar-refractivity contribution in [2.75, 3.05) is 26.7 Å². The number of ether oxygens (including phenoxy) is 2. The smallest absolute Gasteiger partial charge is 0.222 e. The Morgan fingerprint density at radius 1 is 1.20 bits per heavy atom. The lowest BCUT2D eigenvalue weighted by atomic mass is 10.2. The molecule has 1 amide bonds. The Balaban J connectivity index is 0.00000320. The Kier molecular flexibility index (Phi) is 9.88. The van der Waals surface area contributed by atoms with Crippen LogP contribution in [0.1, 0.15) is 30.4 Å². The van der Waals surface area contributed by atoms with Gasteiger partial charge in [0, 0.05) is 26.1 Å². The molecule has 1 saturated heterocycles. The molecule has 0 aliphatic carbocycles. The fraction of sp³-hybridized carbons (Fsp3) is 0.409. The van der Waals surface area contributed by atoms with Gasteiger partial charge >= 0.3 is 0 Å². The predicted molar refractivity (Wildman–Crippen MR) is 121 cm³/mol. The second-order valence-corrected chi connectivity index (χ2v) is 7.89. The largest absolute Gasteiger partial charge is 0.493 e. The van der Waals surface area contributed by atoms with Gasteiger partial charge in [-0.05, 0) is 70.7 Å². The molecule has 0 aromatic heterocycles. The topological polar surface area (TPSA) is 50.8 Å². The average molecular weight is 502 g/mol. The van der Waals surface area contributed by atoms with E-state index in [2.05, 4.69) is 21.2 Å². The van der Waals surface area contributed by atoms with Gasteiger partial charge in [-0.15, -0.1) is 12.4 Å². The molecule has 3 rings (SSSR count). The molecular weight excluding hydrogens is 475 g/mol. The van der Waals surface area contributed by atoms with Gasteiger partial charge in [0.2, 0.25) is 5.91 Å². The summed E-state index contributed by atoms with van der Waals surface area (Å²) in [5.41, 5.74) is 1.95. The minimum Gasteiger partial charge on any atom is -0.493 e. The van der Waals surface area contributed by atoms with Crippen molar-refractivity contribution in [1.82, 2.24) is 10.2 Å². The van der Waals surface area contributed by atoms with Gasteiger partial charge in [-0.1, -0.05) is 12.1 Å². The van der Waals surface area contributed by atoms with Gasteiger partial charge in [-0.3, -0.25) is 4.79 Å². The van der Waals surface area contributed by atoms with Crippen LogP contribution in [-0.2, 0) is 17.9 Å². The molecule has 2 aromatic rings. The van der Waals surface area contributed by atoms with Gasteiger partial charge in [-0.2, -0.15) is 0 Å². The monoisotopic (exact) mass is 500 g/mol.